The molecule has 0 spiro atoms. The van der Waals surface area contributed by atoms with Crippen LogP contribution in [0.25, 0.3) is 0 Å². The molecular weight excluding hydrogens is 370 g/mol. The van der Waals surface area contributed by atoms with E-state index >= 15 is 0 Å². The zero-order valence-corrected chi connectivity index (χ0v) is 15.4. The Morgan fingerprint density at radius 1 is 1.25 bits per heavy atom. The Hall–Kier alpha value is -2.73. The van der Waals surface area contributed by atoms with Crippen molar-refractivity contribution >= 4 is 34.7 Å². The highest BCUT2D eigenvalue weighted by atomic mass is 16.4. The summed E-state index contributed by atoms with van der Waals surface area (Å²) < 4.78 is 0. The highest BCUT2D eigenvalue weighted by molar-refractivity contribution is 6.46. The van der Waals surface area contributed by atoms with E-state index in [1.807, 2.05) is 6.92 Å². The molecule has 7 N–H and O–H groups in total. The van der Waals surface area contributed by atoms with Crippen LogP contribution in [0.4, 0.5) is 21.9 Å². The smallest absolute Gasteiger partial charge is 0.323 e. The summed E-state index contributed by atoms with van der Waals surface area (Å²) in [6, 6.07) is 2.80. The average molecular weight is 393 g/mol. The molecule has 0 saturated carbocycles. The van der Waals surface area contributed by atoms with Crippen LogP contribution in [-0.4, -0.2) is 82.8 Å². The monoisotopic (exact) mass is 393 g/mol. The van der Waals surface area contributed by atoms with Crippen molar-refractivity contribution in [3.63, 3.8) is 0 Å². The molecule has 3 rings (SSSR count). The number of nitrogens with zero attached hydrogens (tertiary/aromatic N) is 2. The molecule has 1 unspecified atom stereocenters. The van der Waals surface area contributed by atoms with Crippen molar-refractivity contribution < 1.29 is 30.0 Å². The molecule has 0 aromatic heterocycles. The number of carbonyl (C=O) groups is 2. The second-order valence-electron chi connectivity index (χ2n) is 6.69. The number of fused-ring (bicyclic) bond motifs is 2. The van der Waals surface area contributed by atoms with Crippen LogP contribution in [0.2, 0.25) is 0 Å². The lowest BCUT2D eigenvalue weighted by Gasteiger charge is -2.41. The van der Waals surface area contributed by atoms with Gasteiger partial charge in [0.05, 0.1) is 18.0 Å². The van der Waals surface area contributed by atoms with Crippen LogP contribution < -0.4 is 20.9 Å². The first-order chi connectivity index (χ1) is 13.3. The lowest BCUT2D eigenvalue weighted by atomic mass is 10.0. The van der Waals surface area contributed by atoms with E-state index in [9.17, 15) is 24.9 Å². The normalized spacial score (nSPS) is 21.6. The Kier molecular flexibility index (Phi) is 5.52. The number of hydrogen-bond acceptors (Lipinski definition) is 9. The Bertz CT molecular complexity index is 829. The van der Waals surface area contributed by atoms with Gasteiger partial charge in [-0.3, -0.25) is 10.1 Å². The lowest BCUT2D eigenvalue weighted by molar-refractivity contribution is -0.114. The number of aryl methyl sites for hydroxylation is 1. The maximum Gasteiger partial charge on any atom is 0.323 e. The van der Waals surface area contributed by atoms with Crippen molar-refractivity contribution in [2.75, 3.05) is 30.4 Å². The number of nitrogens with one attached hydrogen (secondary N) is 3. The number of urea groups is 1. The van der Waals surface area contributed by atoms with Gasteiger partial charge in [-0.2, -0.15) is 0 Å². The van der Waals surface area contributed by atoms with E-state index in [2.05, 4.69) is 20.9 Å². The Labute approximate surface area is 160 Å². The molecule has 1 aromatic rings. The van der Waals surface area contributed by atoms with Crippen molar-refractivity contribution in [2.45, 2.75) is 31.4 Å². The van der Waals surface area contributed by atoms with Crippen LogP contribution in [0.5, 0.6) is 0 Å². The van der Waals surface area contributed by atoms with E-state index in [0.29, 0.717) is 11.4 Å². The summed E-state index contributed by atoms with van der Waals surface area (Å²) in [5.41, 5.74) is 2.66. The molecule has 2 heterocycles. The summed E-state index contributed by atoms with van der Waals surface area (Å²) in [5, 5.41) is 46.7. The fraction of sp³-hybridized carbons (Fsp3) is 0.471. The molecule has 0 bridgehead atoms. The number of carbonyl (C=O) groups excluding carboxylic acids is 2. The Morgan fingerprint density at radius 2 is 1.96 bits per heavy atom. The van der Waals surface area contributed by atoms with Crippen molar-refractivity contribution in [3.8, 4) is 0 Å². The first-order valence-electron chi connectivity index (χ1n) is 8.71. The SMILES string of the molecule is CNc1cc2c(cc1C)N=C1C(=O)NC(=O)NC1N2C[C@H](O)[C@H](O)[C@H](O)CO. The van der Waals surface area contributed by atoms with Gasteiger partial charge >= 0.3 is 6.03 Å². The van der Waals surface area contributed by atoms with Crippen LogP contribution >= 0.6 is 0 Å². The minimum absolute atomic E-state index is 0.0353. The van der Waals surface area contributed by atoms with Gasteiger partial charge in [-0.15, -0.1) is 0 Å². The molecule has 2 aliphatic rings. The summed E-state index contributed by atoms with van der Waals surface area (Å²) in [5.74, 6) is -0.662. The first-order valence-corrected chi connectivity index (χ1v) is 8.71. The Morgan fingerprint density at radius 3 is 2.61 bits per heavy atom. The molecule has 28 heavy (non-hydrogen) atoms. The molecule has 152 valence electrons. The van der Waals surface area contributed by atoms with Gasteiger partial charge < -0.3 is 36.0 Å². The van der Waals surface area contributed by atoms with Crippen molar-refractivity contribution in [1.82, 2.24) is 10.6 Å². The third-order valence-electron chi connectivity index (χ3n) is 4.80. The van der Waals surface area contributed by atoms with E-state index in [1.165, 1.54) is 4.90 Å². The summed E-state index contributed by atoms with van der Waals surface area (Å²) in [4.78, 5) is 29.9. The van der Waals surface area contributed by atoms with Crippen molar-refractivity contribution in [3.05, 3.63) is 17.7 Å². The number of amides is 3. The third kappa shape index (κ3) is 3.52. The van der Waals surface area contributed by atoms with Crippen LogP contribution in [-0.2, 0) is 4.79 Å². The average Bonchev–Trinajstić information content (AvgIpc) is 2.66. The molecule has 1 aromatic carbocycles. The third-order valence-corrected chi connectivity index (χ3v) is 4.80. The number of aliphatic imine (C=N–C) groups is 1. The molecule has 0 aliphatic carbocycles. The quantitative estimate of drug-likeness (QED) is 0.296. The van der Waals surface area contributed by atoms with E-state index in [-0.39, 0.29) is 12.3 Å². The van der Waals surface area contributed by atoms with Gasteiger partial charge in [0.25, 0.3) is 5.91 Å². The van der Waals surface area contributed by atoms with Gasteiger partial charge in [-0.1, -0.05) is 0 Å². The zero-order valence-electron chi connectivity index (χ0n) is 15.4. The molecule has 2 aliphatic heterocycles. The maximum atomic E-state index is 12.2. The first kappa shape index (κ1) is 20.0. The van der Waals surface area contributed by atoms with Crippen molar-refractivity contribution in [2.24, 2.45) is 4.99 Å². The molecule has 0 radical (unpaired) electrons. The van der Waals surface area contributed by atoms with Crippen LogP contribution in [0.3, 0.4) is 0 Å². The molecule has 3 amide bonds. The molecular formula is C17H23N5O6. The lowest BCUT2D eigenvalue weighted by Crippen LogP contribution is -2.67. The van der Waals surface area contributed by atoms with Gasteiger partial charge in [0, 0.05) is 19.3 Å². The van der Waals surface area contributed by atoms with E-state index in [0.717, 1.165) is 11.3 Å². The van der Waals surface area contributed by atoms with Gasteiger partial charge in [0.1, 0.15) is 24.0 Å². The maximum absolute atomic E-state index is 12.2. The van der Waals surface area contributed by atoms with Gasteiger partial charge in [-0.25, -0.2) is 9.79 Å². The van der Waals surface area contributed by atoms with Crippen LogP contribution in [0.15, 0.2) is 17.1 Å². The van der Waals surface area contributed by atoms with Crippen LogP contribution in [0, 0.1) is 6.92 Å². The number of anilines is 2. The number of hydrogen-bond donors (Lipinski definition) is 7. The van der Waals surface area contributed by atoms with Crippen molar-refractivity contribution in [1.29, 1.82) is 0 Å². The second kappa shape index (κ2) is 7.72. The number of aliphatic hydroxyl groups excluding tert-OH is 4. The highest BCUT2D eigenvalue weighted by Gasteiger charge is 2.41. The molecule has 11 nitrogen and oxygen atoms in total. The molecule has 4 atom stereocenters. The second-order valence-corrected chi connectivity index (χ2v) is 6.69. The van der Waals surface area contributed by atoms with E-state index in [4.69, 9.17) is 5.11 Å². The van der Waals surface area contributed by atoms with E-state index < -0.39 is 43.0 Å². The fourth-order valence-corrected chi connectivity index (χ4v) is 3.27. The largest absolute Gasteiger partial charge is 0.394 e. The summed E-state index contributed by atoms with van der Waals surface area (Å²) in [6.07, 6.45) is -5.61. The topological polar surface area (TPSA) is 167 Å². The standard InChI is InChI=1S/C17H23N5O6/c1-7-3-9-10(4-8(7)18-2)22(5-11(24)14(26)12(25)6-23)15-13(19-9)16(27)21-17(28)20-15/h3-4,11-12,14-15,18,23-26H,5-6H2,1-2H3,(H2,20,21,27,28)/t11-,12+,14-,15?/m0/s1. The molecule has 11 heteroatoms. The Balaban J connectivity index is 2.04. The highest BCUT2D eigenvalue weighted by Crippen LogP contribution is 2.39. The number of imide groups is 1. The summed E-state index contributed by atoms with van der Waals surface area (Å²) >= 11 is 0. The fourth-order valence-electron chi connectivity index (χ4n) is 3.27. The van der Waals surface area contributed by atoms with Gasteiger partial charge in [0.15, 0.2) is 6.17 Å². The number of aliphatic hydroxyl groups is 4. The zero-order chi connectivity index (χ0) is 20.6. The predicted molar refractivity (Wildman–Crippen MR) is 101 cm³/mol. The minimum atomic E-state index is -1.63. The number of β-amino-alcohol motifs (C(OH)–C–C–N with tert-alkyl or cyclic N) is 1. The van der Waals surface area contributed by atoms with Gasteiger partial charge in [-0.05, 0) is 24.6 Å². The number of benzene rings is 1. The van der Waals surface area contributed by atoms with E-state index in [1.54, 1.807) is 19.2 Å². The number of rotatable bonds is 6. The molecule has 1 saturated heterocycles. The molecule has 1 fully saturated rings. The minimum Gasteiger partial charge on any atom is -0.394 e. The van der Waals surface area contributed by atoms with Crippen LogP contribution in [0.1, 0.15) is 5.56 Å². The van der Waals surface area contributed by atoms with Gasteiger partial charge in [0.2, 0.25) is 0 Å². The predicted octanol–water partition coefficient (Wildman–Crippen LogP) is -1.83. The summed E-state index contributed by atoms with van der Waals surface area (Å²) in [6.45, 7) is 0.892. The summed E-state index contributed by atoms with van der Waals surface area (Å²) in [7, 11) is 1.74.